The molecular formula is C14H27N5. The van der Waals surface area contributed by atoms with Gasteiger partial charge in [0.05, 0.1) is 6.54 Å². The van der Waals surface area contributed by atoms with Crippen LogP contribution in [0.5, 0.6) is 0 Å². The van der Waals surface area contributed by atoms with E-state index in [0.717, 1.165) is 31.5 Å². The molecule has 0 aromatic carbocycles. The van der Waals surface area contributed by atoms with E-state index in [9.17, 15) is 0 Å². The molecule has 0 amide bonds. The van der Waals surface area contributed by atoms with Gasteiger partial charge in [-0.1, -0.05) is 12.8 Å². The molecule has 0 atom stereocenters. The molecule has 1 fully saturated rings. The lowest BCUT2D eigenvalue weighted by Gasteiger charge is -2.24. The molecule has 1 aromatic rings. The van der Waals surface area contributed by atoms with E-state index in [-0.39, 0.29) is 0 Å². The van der Waals surface area contributed by atoms with E-state index in [2.05, 4.69) is 41.2 Å². The fourth-order valence-electron chi connectivity index (χ4n) is 2.82. The zero-order valence-corrected chi connectivity index (χ0v) is 12.5. The Morgan fingerprint density at radius 3 is 2.84 bits per heavy atom. The van der Waals surface area contributed by atoms with Gasteiger partial charge >= 0.3 is 0 Å². The van der Waals surface area contributed by atoms with E-state index in [1.165, 1.54) is 25.7 Å². The van der Waals surface area contributed by atoms with Crippen molar-refractivity contribution >= 4 is 0 Å². The van der Waals surface area contributed by atoms with Crippen molar-refractivity contribution in [2.24, 2.45) is 0 Å². The lowest BCUT2D eigenvalue weighted by Crippen LogP contribution is -2.35. The summed E-state index contributed by atoms with van der Waals surface area (Å²) >= 11 is 0. The fraction of sp³-hybridized carbons (Fsp3) is 0.857. The van der Waals surface area contributed by atoms with Gasteiger partial charge in [0, 0.05) is 25.2 Å². The van der Waals surface area contributed by atoms with Crippen LogP contribution in [0.4, 0.5) is 0 Å². The highest BCUT2D eigenvalue weighted by Crippen LogP contribution is 2.21. The van der Waals surface area contributed by atoms with Gasteiger partial charge in [0.1, 0.15) is 12.2 Å². The van der Waals surface area contributed by atoms with E-state index in [1.807, 2.05) is 4.68 Å². The third-order valence-electron chi connectivity index (χ3n) is 4.01. The number of hydrogen-bond acceptors (Lipinski definition) is 4. The highest BCUT2D eigenvalue weighted by Gasteiger charge is 2.18. The number of aromatic nitrogens is 3. The average molecular weight is 265 g/mol. The Hall–Kier alpha value is -0.940. The molecular weight excluding hydrogens is 238 g/mol. The van der Waals surface area contributed by atoms with Gasteiger partial charge in [-0.05, 0) is 33.7 Å². The van der Waals surface area contributed by atoms with Gasteiger partial charge in [0.2, 0.25) is 0 Å². The van der Waals surface area contributed by atoms with Crippen LogP contribution in [0.3, 0.4) is 0 Å². The van der Waals surface area contributed by atoms with Gasteiger partial charge in [0.25, 0.3) is 0 Å². The summed E-state index contributed by atoms with van der Waals surface area (Å²) in [7, 11) is 2.24. The molecule has 5 nitrogen and oxygen atoms in total. The maximum absolute atomic E-state index is 4.31. The Morgan fingerprint density at radius 2 is 2.16 bits per heavy atom. The molecule has 1 N–H and O–H groups in total. The second kappa shape index (κ2) is 7.01. The molecule has 0 bridgehead atoms. The smallest absolute Gasteiger partial charge is 0.141 e. The molecule has 1 aromatic heterocycles. The van der Waals surface area contributed by atoms with Crippen molar-refractivity contribution in [3.63, 3.8) is 0 Å². The summed E-state index contributed by atoms with van der Waals surface area (Å²) < 4.78 is 1.98. The molecule has 1 heterocycles. The van der Waals surface area contributed by atoms with Gasteiger partial charge in [-0.25, -0.2) is 9.67 Å². The van der Waals surface area contributed by atoms with Crippen LogP contribution in [-0.2, 0) is 6.54 Å². The Kier molecular flexibility index (Phi) is 5.34. The summed E-state index contributed by atoms with van der Waals surface area (Å²) in [5.74, 6) is 1.03. The summed E-state index contributed by atoms with van der Waals surface area (Å²) in [6.45, 7) is 7.19. The number of rotatable bonds is 7. The molecule has 2 rings (SSSR count). The van der Waals surface area contributed by atoms with Gasteiger partial charge < -0.3 is 10.2 Å². The average Bonchev–Trinajstić information content (AvgIpc) is 3.04. The molecule has 0 aliphatic heterocycles. The van der Waals surface area contributed by atoms with Crippen molar-refractivity contribution in [3.8, 4) is 0 Å². The first-order valence-corrected chi connectivity index (χ1v) is 7.48. The predicted molar refractivity (Wildman–Crippen MR) is 77.0 cm³/mol. The van der Waals surface area contributed by atoms with Crippen LogP contribution in [0.2, 0.25) is 0 Å². The summed E-state index contributed by atoms with van der Waals surface area (Å²) in [6.07, 6.45) is 7.19. The maximum Gasteiger partial charge on any atom is 0.141 e. The molecule has 5 heteroatoms. The Bertz CT molecular complexity index is 368. The van der Waals surface area contributed by atoms with Crippen molar-refractivity contribution in [3.05, 3.63) is 12.2 Å². The van der Waals surface area contributed by atoms with Gasteiger partial charge in [-0.15, -0.1) is 0 Å². The number of nitrogens with one attached hydrogen (secondary N) is 1. The van der Waals surface area contributed by atoms with Crippen LogP contribution >= 0.6 is 0 Å². The van der Waals surface area contributed by atoms with Gasteiger partial charge in [-0.2, -0.15) is 5.10 Å². The molecule has 0 radical (unpaired) electrons. The Balaban J connectivity index is 1.67. The van der Waals surface area contributed by atoms with E-state index >= 15 is 0 Å². The van der Waals surface area contributed by atoms with Crippen LogP contribution in [0.25, 0.3) is 0 Å². The topological polar surface area (TPSA) is 46.0 Å². The molecule has 0 saturated heterocycles. The number of nitrogens with zero attached hydrogens (tertiary/aromatic N) is 4. The van der Waals surface area contributed by atoms with Crippen molar-refractivity contribution in [1.29, 1.82) is 0 Å². The molecule has 0 spiro atoms. The van der Waals surface area contributed by atoms with Crippen molar-refractivity contribution < 1.29 is 0 Å². The lowest BCUT2D eigenvalue weighted by atomic mass is 10.2. The third-order valence-corrected chi connectivity index (χ3v) is 4.01. The standard InChI is InChI=1S/C14H27N5/c1-12(2)19-14(16-11-17-19)10-15-8-9-18(3)13-6-4-5-7-13/h11-13,15H,4-10H2,1-3H3. The largest absolute Gasteiger partial charge is 0.309 e. The van der Waals surface area contributed by atoms with Gasteiger partial charge in [-0.3, -0.25) is 0 Å². The van der Waals surface area contributed by atoms with E-state index in [1.54, 1.807) is 6.33 Å². The minimum Gasteiger partial charge on any atom is -0.309 e. The normalized spacial score (nSPS) is 16.9. The molecule has 0 unspecified atom stereocenters. The molecule has 1 aliphatic carbocycles. The summed E-state index contributed by atoms with van der Waals surface area (Å²) in [6, 6.07) is 1.18. The molecule has 19 heavy (non-hydrogen) atoms. The quantitative estimate of drug-likeness (QED) is 0.764. The number of likely N-dealkylation sites (N-methyl/N-ethyl adjacent to an activating group) is 1. The summed E-state index contributed by atoms with van der Waals surface area (Å²) in [5.41, 5.74) is 0. The summed E-state index contributed by atoms with van der Waals surface area (Å²) in [4.78, 5) is 6.80. The zero-order chi connectivity index (χ0) is 13.7. The monoisotopic (exact) mass is 265 g/mol. The van der Waals surface area contributed by atoms with Crippen LogP contribution in [0.1, 0.15) is 51.4 Å². The van der Waals surface area contributed by atoms with E-state index < -0.39 is 0 Å². The van der Waals surface area contributed by atoms with E-state index in [4.69, 9.17) is 0 Å². The SMILES string of the molecule is CC(C)n1ncnc1CNCCN(C)C1CCCC1. The van der Waals surface area contributed by atoms with Gasteiger partial charge in [0.15, 0.2) is 0 Å². The third kappa shape index (κ3) is 4.01. The first-order valence-electron chi connectivity index (χ1n) is 7.48. The summed E-state index contributed by atoms with van der Waals surface area (Å²) in [5, 5.41) is 7.72. The number of hydrogen-bond donors (Lipinski definition) is 1. The highest BCUT2D eigenvalue weighted by atomic mass is 15.4. The van der Waals surface area contributed by atoms with Crippen LogP contribution < -0.4 is 5.32 Å². The highest BCUT2D eigenvalue weighted by molar-refractivity contribution is 4.85. The fourth-order valence-corrected chi connectivity index (χ4v) is 2.82. The minimum atomic E-state index is 0.375. The Morgan fingerprint density at radius 1 is 1.42 bits per heavy atom. The van der Waals surface area contributed by atoms with Crippen LogP contribution in [0, 0.1) is 0 Å². The molecule has 1 aliphatic rings. The minimum absolute atomic E-state index is 0.375. The second-order valence-corrected chi connectivity index (χ2v) is 5.81. The first-order chi connectivity index (χ1) is 9.18. The first kappa shape index (κ1) is 14.5. The van der Waals surface area contributed by atoms with Crippen molar-refractivity contribution in [2.75, 3.05) is 20.1 Å². The van der Waals surface area contributed by atoms with Crippen LogP contribution in [0.15, 0.2) is 6.33 Å². The van der Waals surface area contributed by atoms with Crippen molar-refractivity contribution in [2.45, 2.75) is 58.2 Å². The maximum atomic E-state index is 4.31. The van der Waals surface area contributed by atoms with E-state index in [0.29, 0.717) is 6.04 Å². The Labute approximate surface area is 116 Å². The molecule has 108 valence electrons. The lowest BCUT2D eigenvalue weighted by molar-refractivity contribution is 0.245. The van der Waals surface area contributed by atoms with Crippen LogP contribution in [-0.4, -0.2) is 45.8 Å². The molecule has 1 saturated carbocycles. The van der Waals surface area contributed by atoms with Crippen molar-refractivity contribution in [1.82, 2.24) is 25.0 Å². The predicted octanol–water partition coefficient (Wildman–Crippen LogP) is 1.82. The second-order valence-electron chi connectivity index (χ2n) is 5.81. The zero-order valence-electron chi connectivity index (χ0n) is 12.5.